The SMILES string of the molecule is CCOc1ccc(N([C@H](C)C(=O)Nc2ccc(OC)c(Cl)c2)S(C)(=O)=O)cc1. The fourth-order valence-corrected chi connectivity index (χ4v) is 4.09. The molecular weight excluding hydrogens is 404 g/mol. The van der Waals surface area contributed by atoms with Crippen molar-refractivity contribution in [3.05, 3.63) is 47.5 Å². The van der Waals surface area contributed by atoms with Crippen molar-refractivity contribution in [1.29, 1.82) is 0 Å². The number of hydrogen-bond donors (Lipinski definition) is 1. The van der Waals surface area contributed by atoms with Gasteiger partial charge in [-0.2, -0.15) is 0 Å². The second kappa shape index (κ2) is 9.16. The van der Waals surface area contributed by atoms with Gasteiger partial charge in [0.25, 0.3) is 0 Å². The maximum absolute atomic E-state index is 12.7. The molecule has 0 heterocycles. The van der Waals surface area contributed by atoms with Crippen LogP contribution >= 0.6 is 11.6 Å². The standard InChI is InChI=1S/C19H23ClN2O5S/c1-5-27-16-9-7-15(8-10-16)22(28(4,24)25)13(2)19(23)21-14-6-11-18(26-3)17(20)12-14/h6-13H,5H2,1-4H3,(H,21,23)/t13-/m1/s1. The molecule has 1 N–H and O–H groups in total. The lowest BCUT2D eigenvalue weighted by Gasteiger charge is -2.28. The summed E-state index contributed by atoms with van der Waals surface area (Å²) in [6.45, 7) is 3.87. The highest BCUT2D eigenvalue weighted by Gasteiger charge is 2.29. The molecule has 0 aliphatic carbocycles. The molecule has 0 aliphatic heterocycles. The van der Waals surface area contributed by atoms with Gasteiger partial charge in [-0.25, -0.2) is 8.42 Å². The maximum atomic E-state index is 12.7. The second-order valence-electron chi connectivity index (χ2n) is 6.00. The molecule has 0 saturated carbocycles. The van der Waals surface area contributed by atoms with Crippen LogP contribution in [0.1, 0.15) is 13.8 Å². The van der Waals surface area contributed by atoms with E-state index in [4.69, 9.17) is 21.1 Å². The summed E-state index contributed by atoms with van der Waals surface area (Å²) < 4.78 is 36.2. The van der Waals surface area contributed by atoms with Crippen LogP contribution in [0.25, 0.3) is 0 Å². The quantitative estimate of drug-likeness (QED) is 0.697. The molecular formula is C19H23ClN2O5S. The number of halogens is 1. The summed E-state index contributed by atoms with van der Waals surface area (Å²) >= 11 is 6.07. The number of carbonyl (C=O) groups excluding carboxylic acids is 1. The van der Waals surface area contributed by atoms with E-state index in [1.807, 2.05) is 6.92 Å². The van der Waals surface area contributed by atoms with Gasteiger partial charge in [0.15, 0.2) is 0 Å². The van der Waals surface area contributed by atoms with Crippen LogP contribution in [0, 0.1) is 0 Å². The molecule has 28 heavy (non-hydrogen) atoms. The normalized spacial score (nSPS) is 12.2. The summed E-state index contributed by atoms with van der Waals surface area (Å²) in [4.78, 5) is 12.7. The third-order valence-electron chi connectivity index (χ3n) is 3.91. The van der Waals surface area contributed by atoms with Gasteiger partial charge in [-0.3, -0.25) is 9.10 Å². The van der Waals surface area contributed by atoms with E-state index in [0.717, 1.165) is 10.6 Å². The molecule has 2 aromatic rings. The minimum absolute atomic E-state index is 0.333. The van der Waals surface area contributed by atoms with Gasteiger partial charge in [0, 0.05) is 5.69 Å². The zero-order valence-corrected chi connectivity index (χ0v) is 17.7. The number of amides is 1. The summed E-state index contributed by atoms with van der Waals surface area (Å²) in [7, 11) is -2.22. The van der Waals surface area contributed by atoms with E-state index in [9.17, 15) is 13.2 Å². The molecule has 0 radical (unpaired) electrons. The molecule has 2 rings (SSSR count). The topological polar surface area (TPSA) is 84.9 Å². The zero-order valence-electron chi connectivity index (χ0n) is 16.1. The third-order valence-corrected chi connectivity index (χ3v) is 5.45. The fraction of sp³-hybridized carbons (Fsp3) is 0.316. The maximum Gasteiger partial charge on any atom is 0.247 e. The number of ether oxygens (including phenoxy) is 2. The van der Waals surface area contributed by atoms with Crippen LogP contribution in [0.5, 0.6) is 11.5 Å². The first-order valence-electron chi connectivity index (χ1n) is 8.54. The Balaban J connectivity index is 2.26. The monoisotopic (exact) mass is 426 g/mol. The first-order chi connectivity index (χ1) is 13.2. The summed E-state index contributed by atoms with van der Waals surface area (Å²) in [5.41, 5.74) is 0.796. The van der Waals surface area contributed by atoms with Crippen molar-refractivity contribution >= 4 is 38.9 Å². The fourth-order valence-electron chi connectivity index (χ4n) is 2.66. The Morgan fingerprint density at radius 3 is 2.36 bits per heavy atom. The Hall–Kier alpha value is -2.45. The van der Waals surface area contributed by atoms with E-state index in [2.05, 4.69) is 5.32 Å². The molecule has 2 aromatic carbocycles. The van der Waals surface area contributed by atoms with Crippen LogP contribution in [-0.4, -0.2) is 40.3 Å². The predicted octanol–water partition coefficient (Wildman–Crippen LogP) is 3.54. The lowest BCUT2D eigenvalue weighted by atomic mass is 10.2. The summed E-state index contributed by atoms with van der Waals surface area (Å²) in [6.07, 6.45) is 1.05. The first-order valence-corrected chi connectivity index (χ1v) is 10.8. The van der Waals surface area contributed by atoms with Crippen LogP contribution in [0.4, 0.5) is 11.4 Å². The number of sulfonamides is 1. The van der Waals surface area contributed by atoms with Crippen LogP contribution < -0.4 is 19.1 Å². The summed E-state index contributed by atoms with van der Waals surface area (Å²) in [6, 6.07) is 10.3. The molecule has 152 valence electrons. The van der Waals surface area contributed by atoms with Crippen molar-refractivity contribution in [3.63, 3.8) is 0 Å². The number of carbonyl (C=O) groups is 1. The van der Waals surface area contributed by atoms with Gasteiger partial charge in [-0.1, -0.05) is 11.6 Å². The zero-order chi connectivity index (χ0) is 20.9. The third kappa shape index (κ3) is 5.30. The van der Waals surface area contributed by atoms with E-state index in [-0.39, 0.29) is 0 Å². The Bertz CT molecular complexity index is 932. The van der Waals surface area contributed by atoms with Crippen LogP contribution in [-0.2, 0) is 14.8 Å². The van der Waals surface area contributed by atoms with Gasteiger partial charge in [0.2, 0.25) is 15.9 Å². The Labute approximate surface area is 170 Å². The smallest absolute Gasteiger partial charge is 0.247 e. The highest BCUT2D eigenvalue weighted by molar-refractivity contribution is 7.92. The van der Waals surface area contributed by atoms with Gasteiger partial charge in [-0.15, -0.1) is 0 Å². The largest absolute Gasteiger partial charge is 0.495 e. The Kier molecular flexibility index (Phi) is 7.15. The van der Waals surface area contributed by atoms with Crippen LogP contribution in [0.2, 0.25) is 5.02 Å². The molecule has 0 aromatic heterocycles. The van der Waals surface area contributed by atoms with Crippen molar-refractivity contribution in [2.75, 3.05) is 29.6 Å². The van der Waals surface area contributed by atoms with Crippen molar-refractivity contribution in [1.82, 2.24) is 0 Å². The predicted molar refractivity (Wildman–Crippen MR) is 111 cm³/mol. The van der Waals surface area contributed by atoms with Gasteiger partial charge >= 0.3 is 0 Å². The first kappa shape index (κ1) is 21.8. The summed E-state index contributed by atoms with van der Waals surface area (Å²) in [5, 5.41) is 3.01. The number of methoxy groups -OCH3 is 1. The molecule has 0 fully saturated rings. The lowest BCUT2D eigenvalue weighted by Crippen LogP contribution is -2.45. The van der Waals surface area contributed by atoms with Crippen molar-refractivity contribution in [2.24, 2.45) is 0 Å². The average molecular weight is 427 g/mol. The number of nitrogens with one attached hydrogen (secondary N) is 1. The highest BCUT2D eigenvalue weighted by atomic mass is 35.5. The van der Waals surface area contributed by atoms with E-state index < -0.39 is 22.0 Å². The van der Waals surface area contributed by atoms with E-state index in [1.54, 1.807) is 36.4 Å². The number of rotatable bonds is 8. The molecule has 1 atom stereocenters. The lowest BCUT2D eigenvalue weighted by molar-refractivity contribution is -0.116. The van der Waals surface area contributed by atoms with Crippen molar-refractivity contribution in [2.45, 2.75) is 19.9 Å². The molecule has 1 amide bonds. The summed E-state index contributed by atoms with van der Waals surface area (Å²) in [5.74, 6) is 0.588. The molecule has 0 aliphatic rings. The minimum Gasteiger partial charge on any atom is -0.495 e. The number of anilines is 2. The van der Waals surface area contributed by atoms with Gasteiger partial charge < -0.3 is 14.8 Å². The number of benzene rings is 2. The van der Waals surface area contributed by atoms with E-state index in [1.165, 1.54) is 20.1 Å². The van der Waals surface area contributed by atoms with Crippen LogP contribution in [0.15, 0.2) is 42.5 Å². The van der Waals surface area contributed by atoms with Crippen molar-refractivity contribution in [3.8, 4) is 11.5 Å². The van der Waals surface area contributed by atoms with E-state index in [0.29, 0.717) is 34.5 Å². The molecule has 7 nitrogen and oxygen atoms in total. The van der Waals surface area contributed by atoms with Crippen LogP contribution in [0.3, 0.4) is 0 Å². The second-order valence-corrected chi connectivity index (χ2v) is 8.27. The van der Waals surface area contributed by atoms with Gasteiger partial charge in [0.1, 0.15) is 17.5 Å². The van der Waals surface area contributed by atoms with Gasteiger partial charge in [0.05, 0.1) is 30.7 Å². The number of hydrogen-bond acceptors (Lipinski definition) is 5. The van der Waals surface area contributed by atoms with E-state index >= 15 is 0 Å². The Morgan fingerprint density at radius 1 is 1.21 bits per heavy atom. The average Bonchev–Trinajstić information content (AvgIpc) is 2.62. The molecule has 9 heteroatoms. The van der Waals surface area contributed by atoms with Crippen molar-refractivity contribution < 1.29 is 22.7 Å². The Morgan fingerprint density at radius 2 is 1.86 bits per heavy atom. The number of nitrogens with zero attached hydrogens (tertiary/aromatic N) is 1. The highest BCUT2D eigenvalue weighted by Crippen LogP contribution is 2.28. The molecule has 0 unspecified atom stereocenters. The minimum atomic E-state index is -3.71. The molecule has 0 saturated heterocycles. The molecule has 0 bridgehead atoms. The molecule has 0 spiro atoms. The van der Waals surface area contributed by atoms with Gasteiger partial charge in [-0.05, 0) is 56.3 Å².